The highest BCUT2D eigenvalue weighted by Crippen LogP contribution is 2.13. The largest absolute Gasteiger partial charge is 0.467 e. The molecule has 0 radical (unpaired) electrons. The average molecular weight is 529 g/mol. The molecule has 204 valence electrons. The number of ether oxygens (including phenoxy) is 1. The van der Waals surface area contributed by atoms with Crippen LogP contribution in [-0.2, 0) is 25.7 Å². The monoisotopic (exact) mass is 528 g/mol. The summed E-state index contributed by atoms with van der Waals surface area (Å²) in [7, 11) is 1.31. The molecule has 2 N–H and O–H groups in total. The number of benzene rings is 1. The maximum atomic E-state index is 12.3. The normalized spacial score (nSPS) is 12.5. The van der Waals surface area contributed by atoms with Crippen LogP contribution in [-0.4, -0.2) is 42.4 Å². The molecule has 1 atom stereocenters. The van der Waals surface area contributed by atoms with Crippen molar-refractivity contribution in [3.63, 3.8) is 0 Å². The van der Waals surface area contributed by atoms with Gasteiger partial charge in [-0.1, -0.05) is 65.3 Å². The molecule has 0 aliphatic heterocycles. The van der Waals surface area contributed by atoms with Gasteiger partial charge in [0.25, 0.3) is 0 Å². The number of thioether (sulfide) groups is 1. The van der Waals surface area contributed by atoms with Gasteiger partial charge in [-0.2, -0.15) is 11.8 Å². The van der Waals surface area contributed by atoms with E-state index in [1.54, 1.807) is 11.8 Å². The zero-order chi connectivity index (χ0) is 27.5. The van der Waals surface area contributed by atoms with E-state index in [1.165, 1.54) is 23.8 Å². The van der Waals surface area contributed by atoms with Crippen molar-refractivity contribution in [2.45, 2.75) is 78.8 Å². The molecule has 1 rings (SSSR count). The van der Waals surface area contributed by atoms with Crippen LogP contribution < -0.4 is 10.6 Å². The topological polar surface area (TPSA) is 84.5 Å². The predicted octanol–water partition coefficient (Wildman–Crippen LogP) is 5.89. The van der Waals surface area contributed by atoms with Crippen molar-refractivity contribution < 1.29 is 19.1 Å². The van der Waals surface area contributed by atoms with Crippen LogP contribution in [0.1, 0.15) is 71.8 Å². The maximum Gasteiger partial charge on any atom is 0.329 e. The number of methoxy groups -OCH3 is 1. The molecule has 0 spiro atoms. The number of amides is 2. The molecular formula is C30H44N2O4S. The zero-order valence-corrected chi connectivity index (χ0v) is 23.9. The molecule has 0 aliphatic rings. The lowest BCUT2D eigenvalue weighted by molar-refractivity contribution is -0.144. The first kappa shape index (κ1) is 32.2. The minimum Gasteiger partial charge on any atom is -0.467 e. The summed E-state index contributed by atoms with van der Waals surface area (Å²) in [5.41, 5.74) is 5.08. The Bertz CT molecular complexity index is 934. The van der Waals surface area contributed by atoms with E-state index in [0.717, 1.165) is 37.0 Å². The van der Waals surface area contributed by atoms with Crippen molar-refractivity contribution in [3.8, 4) is 0 Å². The number of hydrogen-bond donors (Lipinski definition) is 2. The van der Waals surface area contributed by atoms with Crippen LogP contribution in [0.4, 0.5) is 0 Å². The van der Waals surface area contributed by atoms with E-state index < -0.39 is 12.0 Å². The Balaban J connectivity index is 2.35. The molecule has 1 unspecified atom stereocenters. The van der Waals surface area contributed by atoms with Crippen molar-refractivity contribution in [1.29, 1.82) is 0 Å². The number of carbonyl (C=O) groups is 3. The standard InChI is InChI=1S/C30H44N2O4S/c1-23(2)11-9-12-24(3)13-10-14-25(4)19-20-37-22-27(30(35)36-5)32-29(34)18-17-28(33)31-21-26-15-7-6-8-16-26/h6-8,11,13,15-16,19,27H,9-10,12,14,17-18,20-22H2,1-5H3,(H,31,33)(H,32,34). The second kappa shape index (κ2) is 19.3. The van der Waals surface area contributed by atoms with Crippen LogP contribution in [0, 0.1) is 0 Å². The van der Waals surface area contributed by atoms with Crippen LogP contribution in [0.3, 0.4) is 0 Å². The van der Waals surface area contributed by atoms with Crippen molar-refractivity contribution in [3.05, 3.63) is 70.8 Å². The van der Waals surface area contributed by atoms with Gasteiger partial charge in [-0.05, 0) is 58.9 Å². The van der Waals surface area contributed by atoms with Gasteiger partial charge in [-0.15, -0.1) is 0 Å². The molecule has 1 aromatic carbocycles. The Morgan fingerprint density at radius 1 is 0.865 bits per heavy atom. The lowest BCUT2D eigenvalue weighted by Gasteiger charge is -2.16. The van der Waals surface area contributed by atoms with Crippen LogP contribution in [0.25, 0.3) is 0 Å². The summed E-state index contributed by atoms with van der Waals surface area (Å²) in [6, 6.07) is 8.84. The Labute approximate surface area is 227 Å². The van der Waals surface area contributed by atoms with E-state index in [9.17, 15) is 14.4 Å². The van der Waals surface area contributed by atoms with Gasteiger partial charge in [0.15, 0.2) is 0 Å². The summed E-state index contributed by atoms with van der Waals surface area (Å²) in [4.78, 5) is 36.5. The molecule has 0 fully saturated rings. The summed E-state index contributed by atoms with van der Waals surface area (Å²) < 4.78 is 4.85. The summed E-state index contributed by atoms with van der Waals surface area (Å²) in [5, 5.41) is 5.51. The highest BCUT2D eigenvalue weighted by Gasteiger charge is 2.21. The van der Waals surface area contributed by atoms with E-state index in [-0.39, 0.29) is 24.7 Å². The second-order valence-corrected chi connectivity index (χ2v) is 10.5. The summed E-state index contributed by atoms with van der Waals surface area (Å²) >= 11 is 1.57. The molecular weight excluding hydrogens is 484 g/mol. The molecule has 6 nitrogen and oxygen atoms in total. The van der Waals surface area contributed by atoms with Gasteiger partial charge in [0, 0.05) is 30.9 Å². The average Bonchev–Trinajstić information content (AvgIpc) is 2.87. The molecule has 0 heterocycles. The van der Waals surface area contributed by atoms with E-state index in [4.69, 9.17) is 4.74 Å². The molecule has 0 aromatic heterocycles. The molecule has 1 aromatic rings. The first-order chi connectivity index (χ1) is 17.7. The van der Waals surface area contributed by atoms with Gasteiger partial charge in [-0.25, -0.2) is 4.79 Å². The molecule has 0 saturated carbocycles. The van der Waals surface area contributed by atoms with Gasteiger partial charge >= 0.3 is 5.97 Å². The van der Waals surface area contributed by atoms with E-state index in [0.29, 0.717) is 12.3 Å². The second-order valence-electron chi connectivity index (χ2n) is 9.40. The van der Waals surface area contributed by atoms with Crippen LogP contribution in [0.5, 0.6) is 0 Å². The first-order valence-electron chi connectivity index (χ1n) is 12.9. The van der Waals surface area contributed by atoms with Crippen LogP contribution in [0.2, 0.25) is 0 Å². The SMILES string of the molecule is COC(=O)C(CSCC=C(C)CCC=C(C)CCC=C(C)C)NC(=O)CCC(=O)NCc1ccccc1. The number of rotatable bonds is 17. The molecule has 2 amide bonds. The maximum absolute atomic E-state index is 12.3. The van der Waals surface area contributed by atoms with E-state index >= 15 is 0 Å². The van der Waals surface area contributed by atoms with Crippen LogP contribution in [0.15, 0.2) is 65.3 Å². The quantitative estimate of drug-likeness (QED) is 0.150. The number of allylic oxidation sites excluding steroid dienone is 5. The van der Waals surface area contributed by atoms with Crippen molar-refractivity contribution in [2.24, 2.45) is 0 Å². The van der Waals surface area contributed by atoms with E-state index in [1.807, 2.05) is 30.3 Å². The fourth-order valence-corrected chi connectivity index (χ4v) is 4.41. The van der Waals surface area contributed by atoms with Gasteiger partial charge in [0.1, 0.15) is 6.04 Å². The smallest absolute Gasteiger partial charge is 0.329 e. The highest BCUT2D eigenvalue weighted by molar-refractivity contribution is 7.99. The van der Waals surface area contributed by atoms with E-state index in [2.05, 4.69) is 56.6 Å². The fraction of sp³-hybridized carbons (Fsp3) is 0.500. The third-order valence-corrected chi connectivity index (χ3v) is 6.66. The lowest BCUT2D eigenvalue weighted by Crippen LogP contribution is -2.43. The van der Waals surface area contributed by atoms with Crippen molar-refractivity contribution >= 4 is 29.5 Å². The third-order valence-electron chi connectivity index (χ3n) is 5.69. The molecule has 0 saturated heterocycles. The highest BCUT2D eigenvalue weighted by atomic mass is 32.2. The predicted molar refractivity (Wildman–Crippen MR) is 154 cm³/mol. The Kier molecular flexibility index (Phi) is 16.8. The number of hydrogen-bond acceptors (Lipinski definition) is 5. The lowest BCUT2D eigenvalue weighted by atomic mass is 10.1. The molecule has 7 heteroatoms. The van der Waals surface area contributed by atoms with Crippen LogP contribution >= 0.6 is 11.8 Å². The fourth-order valence-electron chi connectivity index (χ4n) is 3.42. The first-order valence-corrected chi connectivity index (χ1v) is 14.1. The van der Waals surface area contributed by atoms with Crippen molar-refractivity contribution in [1.82, 2.24) is 10.6 Å². The Hall–Kier alpha value is -2.80. The molecule has 0 aliphatic carbocycles. The summed E-state index contributed by atoms with van der Waals surface area (Å²) in [6.07, 6.45) is 11.0. The Morgan fingerprint density at radius 2 is 1.49 bits per heavy atom. The third kappa shape index (κ3) is 16.5. The van der Waals surface area contributed by atoms with Gasteiger partial charge in [0.2, 0.25) is 11.8 Å². The minimum absolute atomic E-state index is 0.0130. The number of esters is 1. The number of carbonyl (C=O) groups excluding carboxylic acids is 3. The molecule has 0 bridgehead atoms. The zero-order valence-electron chi connectivity index (χ0n) is 23.1. The van der Waals surface area contributed by atoms with Gasteiger partial charge in [-0.3, -0.25) is 9.59 Å². The summed E-state index contributed by atoms with van der Waals surface area (Å²) in [6.45, 7) is 8.98. The molecule has 37 heavy (non-hydrogen) atoms. The number of nitrogens with one attached hydrogen (secondary N) is 2. The minimum atomic E-state index is -0.741. The van der Waals surface area contributed by atoms with Gasteiger partial charge in [0.05, 0.1) is 7.11 Å². The Morgan fingerprint density at radius 3 is 2.14 bits per heavy atom. The van der Waals surface area contributed by atoms with Crippen molar-refractivity contribution in [2.75, 3.05) is 18.6 Å². The van der Waals surface area contributed by atoms with Gasteiger partial charge < -0.3 is 15.4 Å². The summed E-state index contributed by atoms with van der Waals surface area (Å²) in [5.74, 6) is 0.126.